The highest BCUT2D eigenvalue weighted by Crippen LogP contribution is 2.32. The number of halogens is 4. The molecule has 2 aromatic rings. The fourth-order valence-corrected chi connectivity index (χ4v) is 2.83. The molecule has 0 bridgehead atoms. The van der Waals surface area contributed by atoms with Gasteiger partial charge in [0.2, 0.25) is 0 Å². The van der Waals surface area contributed by atoms with E-state index in [1.165, 1.54) is 23.1 Å². The van der Waals surface area contributed by atoms with Crippen LogP contribution in [-0.4, -0.2) is 23.8 Å². The number of amides is 1. The Morgan fingerprint density at radius 2 is 1.81 bits per heavy atom. The molecular formula is C19H14ClF3N2O2. The summed E-state index contributed by atoms with van der Waals surface area (Å²) in [6, 6.07) is 11.6. The van der Waals surface area contributed by atoms with Crippen molar-refractivity contribution in [2.45, 2.75) is 12.7 Å². The number of carbonyl (C=O) groups excluding carboxylic acids is 1. The molecule has 1 aliphatic heterocycles. The molecule has 1 heterocycles. The summed E-state index contributed by atoms with van der Waals surface area (Å²) in [5, 5.41) is 10.6. The molecule has 27 heavy (non-hydrogen) atoms. The highest BCUT2D eigenvalue weighted by Gasteiger charge is 2.33. The molecule has 4 nitrogen and oxygen atoms in total. The van der Waals surface area contributed by atoms with Gasteiger partial charge in [0.1, 0.15) is 5.76 Å². The number of rotatable bonds is 4. The fraction of sp³-hybridized carbons (Fsp3) is 0.158. The SMILES string of the molecule is O=C1C(C=NCc2ccccc2C(F)(F)F)=C(O)CN1c1ccc(Cl)cc1. The smallest absolute Gasteiger partial charge is 0.416 e. The normalized spacial score (nSPS) is 15.3. The predicted molar refractivity (Wildman–Crippen MR) is 97.1 cm³/mol. The number of aliphatic hydroxyl groups is 1. The van der Waals surface area contributed by atoms with Crippen molar-refractivity contribution in [3.63, 3.8) is 0 Å². The summed E-state index contributed by atoms with van der Waals surface area (Å²) in [5.74, 6) is -0.675. The zero-order valence-corrected chi connectivity index (χ0v) is 14.6. The van der Waals surface area contributed by atoms with Gasteiger partial charge < -0.3 is 10.0 Å². The Kier molecular flexibility index (Phi) is 5.23. The Balaban J connectivity index is 1.75. The van der Waals surface area contributed by atoms with Crippen molar-refractivity contribution in [2.24, 2.45) is 4.99 Å². The molecule has 1 aliphatic rings. The van der Waals surface area contributed by atoms with Crippen molar-refractivity contribution >= 4 is 29.4 Å². The molecule has 0 saturated heterocycles. The molecule has 0 radical (unpaired) electrons. The van der Waals surface area contributed by atoms with Crippen molar-refractivity contribution in [2.75, 3.05) is 11.4 Å². The molecule has 2 aromatic carbocycles. The number of anilines is 1. The standard InChI is InChI=1S/C19H14ClF3N2O2/c20-13-5-7-14(8-6-13)25-11-17(26)15(18(25)27)10-24-9-12-3-1-2-4-16(12)19(21,22)23/h1-8,10,26H,9,11H2. The van der Waals surface area contributed by atoms with E-state index < -0.39 is 17.6 Å². The third kappa shape index (κ3) is 4.14. The van der Waals surface area contributed by atoms with E-state index in [1.807, 2.05) is 0 Å². The fourth-order valence-electron chi connectivity index (χ4n) is 2.70. The van der Waals surface area contributed by atoms with Crippen LogP contribution in [0.4, 0.5) is 18.9 Å². The highest BCUT2D eigenvalue weighted by molar-refractivity contribution is 6.30. The largest absolute Gasteiger partial charge is 0.510 e. The summed E-state index contributed by atoms with van der Waals surface area (Å²) in [4.78, 5) is 17.7. The third-order valence-corrected chi connectivity index (χ3v) is 4.29. The Morgan fingerprint density at radius 3 is 2.48 bits per heavy atom. The predicted octanol–water partition coefficient (Wildman–Crippen LogP) is 4.79. The van der Waals surface area contributed by atoms with Gasteiger partial charge in [0.25, 0.3) is 5.91 Å². The van der Waals surface area contributed by atoms with Gasteiger partial charge in [-0.2, -0.15) is 13.2 Å². The average Bonchev–Trinajstić information content (AvgIpc) is 2.90. The lowest BCUT2D eigenvalue weighted by atomic mass is 10.1. The zero-order chi connectivity index (χ0) is 19.6. The van der Waals surface area contributed by atoms with E-state index in [2.05, 4.69) is 4.99 Å². The lowest BCUT2D eigenvalue weighted by Gasteiger charge is -2.15. The van der Waals surface area contributed by atoms with Gasteiger partial charge >= 0.3 is 6.18 Å². The van der Waals surface area contributed by atoms with Crippen molar-refractivity contribution in [1.29, 1.82) is 0 Å². The van der Waals surface area contributed by atoms with E-state index in [1.54, 1.807) is 24.3 Å². The van der Waals surface area contributed by atoms with Gasteiger partial charge in [-0.25, -0.2) is 0 Å². The number of alkyl halides is 3. The van der Waals surface area contributed by atoms with E-state index in [4.69, 9.17) is 11.6 Å². The average molecular weight is 395 g/mol. The molecule has 0 aliphatic carbocycles. The Labute approximate surface area is 158 Å². The van der Waals surface area contributed by atoms with E-state index in [9.17, 15) is 23.1 Å². The maximum atomic E-state index is 13.0. The van der Waals surface area contributed by atoms with Crippen LogP contribution in [0.15, 0.2) is 64.9 Å². The van der Waals surface area contributed by atoms with Gasteiger partial charge in [-0.15, -0.1) is 0 Å². The van der Waals surface area contributed by atoms with Crippen LogP contribution in [0.2, 0.25) is 5.02 Å². The van der Waals surface area contributed by atoms with Gasteiger partial charge in [-0.3, -0.25) is 9.79 Å². The van der Waals surface area contributed by atoms with E-state index in [0.717, 1.165) is 12.3 Å². The summed E-state index contributed by atoms with van der Waals surface area (Å²) < 4.78 is 39.0. The van der Waals surface area contributed by atoms with Crippen LogP contribution in [-0.2, 0) is 17.5 Å². The quantitative estimate of drug-likeness (QED) is 0.758. The maximum Gasteiger partial charge on any atom is 0.416 e. The first kappa shape index (κ1) is 19.0. The second-order valence-corrected chi connectivity index (χ2v) is 6.29. The Bertz CT molecular complexity index is 921. The number of hydrogen-bond acceptors (Lipinski definition) is 3. The number of nitrogens with zero attached hydrogens (tertiary/aromatic N) is 2. The van der Waals surface area contributed by atoms with Crippen LogP contribution in [0.3, 0.4) is 0 Å². The third-order valence-electron chi connectivity index (χ3n) is 4.04. The van der Waals surface area contributed by atoms with Gasteiger partial charge in [0.05, 0.1) is 24.2 Å². The van der Waals surface area contributed by atoms with Crippen LogP contribution in [0.25, 0.3) is 0 Å². The van der Waals surface area contributed by atoms with E-state index >= 15 is 0 Å². The molecule has 0 aromatic heterocycles. The topological polar surface area (TPSA) is 52.9 Å². The molecule has 0 unspecified atom stereocenters. The first-order valence-corrected chi connectivity index (χ1v) is 8.29. The molecular weight excluding hydrogens is 381 g/mol. The lowest BCUT2D eigenvalue weighted by Crippen LogP contribution is -2.27. The van der Waals surface area contributed by atoms with Crippen molar-refractivity contribution < 1.29 is 23.1 Å². The second kappa shape index (κ2) is 7.44. The minimum absolute atomic E-state index is 0.0126. The molecule has 0 atom stereocenters. The Morgan fingerprint density at radius 1 is 1.15 bits per heavy atom. The first-order valence-electron chi connectivity index (χ1n) is 7.92. The van der Waals surface area contributed by atoms with Gasteiger partial charge in [0.15, 0.2) is 0 Å². The molecule has 0 saturated carbocycles. The summed E-state index contributed by atoms with van der Waals surface area (Å²) in [6.07, 6.45) is -3.37. The van der Waals surface area contributed by atoms with Crippen LogP contribution in [0, 0.1) is 0 Å². The van der Waals surface area contributed by atoms with Crippen LogP contribution >= 0.6 is 11.6 Å². The van der Waals surface area contributed by atoms with Gasteiger partial charge in [-0.05, 0) is 35.9 Å². The summed E-state index contributed by atoms with van der Waals surface area (Å²) >= 11 is 5.82. The monoisotopic (exact) mass is 394 g/mol. The zero-order valence-electron chi connectivity index (χ0n) is 13.9. The summed E-state index contributed by atoms with van der Waals surface area (Å²) in [7, 11) is 0. The Hall–Kier alpha value is -2.80. The minimum atomic E-state index is -4.48. The van der Waals surface area contributed by atoms with Crippen LogP contribution in [0.5, 0.6) is 0 Å². The minimum Gasteiger partial charge on any atom is -0.510 e. The van der Waals surface area contributed by atoms with Gasteiger partial charge in [-0.1, -0.05) is 29.8 Å². The van der Waals surface area contributed by atoms with Gasteiger partial charge in [0, 0.05) is 16.9 Å². The molecule has 1 N–H and O–H groups in total. The number of aliphatic imine (C=N–C) groups is 1. The molecule has 140 valence electrons. The van der Waals surface area contributed by atoms with Crippen molar-refractivity contribution in [1.82, 2.24) is 0 Å². The van der Waals surface area contributed by atoms with Crippen LogP contribution in [0.1, 0.15) is 11.1 Å². The number of benzene rings is 2. The summed E-state index contributed by atoms with van der Waals surface area (Å²) in [6.45, 7) is -0.304. The van der Waals surface area contributed by atoms with Crippen molar-refractivity contribution in [3.05, 3.63) is 76.0 Å². The second-order valence-electron chi connectivity index (χ2n) is 5.85. The molecule has 1 amide bonds. The number of carbonyl (C=O) groups is 1. The first-order chi connectivity index (χ1) is 12.8. The maximum absolute atomic E-state index is 13.0. The molecule has 0 fully saturated rings. The molecule has 0 spiro atoms. The number of aliphatic hydroxyl groups excluding tert-OH is 1. The van der Waals surface area contributed by atoms with Crippen molar-refractivity contribution in [3.8, 4) is 0 Å². The molecule has 3 rings (SSSR count). The van der Waals surface area contributed by atoms with E-state index in [0.29, 0.717) is 10.7 Å². The highest BCUT2D eigenvalue weighted by atomic mass is 35.5. The lowest BCUT2D eigenvalue weighted by molar-refractivity contribution is -0.138. The van der Waals surface area contributed by atoms with E-state index in [-0.39, 0.29) is 30.0 Å². The summed E-state index contributed by atoms with van der Waals surface area (Å²) in [5.41, 5.74) is -0.293. The molecule has 8 heteroatoms. The number of hydrogen-bond donors (Lipinski definition) is 1. The van der Waals surface area contributed by atoms with Crippen LogP contribution < -0.4 is 4.90 Å².